The van der Waals surface area contributed by atoms with Crippen molar-refractivity contribution in [2.24, 2.45) is 0 Å². The number of aryl methyl sites for hydroxylation is 1. The molecule has 2 amide bonds. The van der Waals surface area contributed by atoms with Gasteiger partial charge in [-0.3, -0.25) is 5.32 Å². The Hall–Kier alpha value is -2.11. The minimum atomic E-state index is -4.47. The number of halogens is 3. The number of nitrogens with zero attached hydrogens (tertiary/aromatic N) is 1. The second-order valence-electron chi connectivity index (χ2n) is 10.1. The summed E-state index contributed by atoms with van der Waals surface area (Å²) in [4.78, 5) is 28.9. The maximum absolute atomic E-state index is 13.8. The molecule has 202 valence electrons. The van der Waals surface area contributed by atoms with Crippen LogP contribution in [-0.2, 0) is 43.3 Å². The molecule has 5 rings (SSSR count). The molecule has 2 aromatic rings. The van der Waals surface area contributed by atoms with E-state index in [2.05, 4.69) is 10.6 Å². The van der Waals surface area contributed by atoms with E-state index in [9.17, 15) is 22.8 Å². The van der Waals surface area contributed by atoms with Gasteiger partial charge in [0.2, 0.25) is 0 Å². The maximum Gasteiger partial charge on any atom is 0.425 e. The van der Waals surface area contributed by atoms with Crippen molar-refractivity contribution in [3.05, 3.63) is 36.9 Å². The van der Waals surface area contributed by atoms with Gasteiger partial charge in [-0.15, -0.1) is 22.7 Å². The van der Waals surface area contributed by atoms with E-state index in [0.717, 1.165) is 79.6 Å². The van der Waals surface area contributed by atoms with Crippen molar-refractivity contribution in [3.8, 4) is 0 Å². The lowest BCUT2D eigenvalue weighted by atomic mass is 9.95. The number of hydrogen-bond donors (Lipinski definition) is 2. The molecule has 0 bridgehead atoms. The first-order valence-corrected chi connectivity index (χ1v) is 14.6. The highest BCUT2D eigenvalue weighted by Crippen LogP contribution is 2.43. The van der Waals surface area contributed by atoms with Crippen molar-refractivity contribution in [1.29, 1.82) is 0 Å². The van der Waals surface area contributed by atoms with Gasteiger partial charge in [0.05, 0.1) is 5.56 Å². The minimum Gasteiger partial charge on any atom is -0.459 e. The third kappa shape index (κ3) is 5.68. The van der Waals surface area contributed by atoms with Crippen molar-refractivity contribution >= 4 is 39.7 Å². The van der Waals surface area contributed by atoms with Crippen molar-refractivity contribution in [2.75, 3.05) is 18.9 Å². The van der Waals surface area contributed by atoms with Crippen LogP contribution in [0.5, 0.6) is 0 Å². The Morgan fingerprint density at radius 1 is 1.03 bits per heavy atom. The van der Waals surface area contributed by atoms with Gasteiger partial charge >= 0.3 is 18.2 Å². The minimum absolute atomic E-state index is 0.105. The summed E-state index contributed by atoms with van der Waals surface area (Å²) in [7, 11) is 1.49. The highest BCUT2D eigenvalue weighted by atomic mass is 32.1. The molecule has 3 heterocycles. The number of nitrogens with one attached hydrogen (secondary N) is 2. The number of urea groups is 1. The van der Waals surface area contributed by atoms with E-state index in [1.807, 2.05) is 0 Å². The van der Waals surface area contributed by atoms with Crippen LogP contribution < -0.4 is 10.6 Å². The van der Waals surface area contributed by atoms with Crippen LogP contribution in [-0.4, -0.2) is 36.6 Å². The number of carbonyl (C=O) groups is 2. The van der Waals surface area contributed by atoms with E-state index in [1.165, 1.54) is 23.3 Å². The number of hydrogen-bond acceptors (Lipinski definition) is 6. The zero-order chi connectivity index (χ0) is 26.2. The number of thiophene rings is 2. The Kier molecular flexibility index (Phi) is 7.83. The fraction of sp³-hybridized carbons (Fsp3) is 0.615. The summed E-state index contributed by atoms with van der Waals surface area (Å²) in [6.07, 6.45) is 4.45. The molecular weight excluding hydrogens is 523 g/mol. The van der Waals surface area contributed by atoms with Crippen LogP contribution in [0, 0.1) is 0 Å². The number of anilines is 1. The molecule has 0 unspecified atom stereocenters. The fourth-order valence-electron chi connectivity index (χ4n) is 5.56. The molecule has 2 aromatic heterocycles. The number of amides is 2. The van der Waals surface area contributed by atoms with Gasteiger partial charge in [0, 0.05) is 29.9 Å². The summed E-state index contributed by atoms with van der Waals surface area (Å²) in [6.45, 7) is 0.864. The maximum atomic E-state index is 13.8. The third-order valence-corrected chi connectivity index (χ3v) is 9.99. The number of rotatable bonds is 5. The first-order valence-electron chi connectivity index (χ1n) is 13.0. The van der Waals surface area contributed by atoms with Gasteiger partial charge < -0.3 is 15.0 Å². The summed E-state index contributed by atoms with van der Waals surface area (Å²) >= 11 is 2.15. The zero-order valence-corrected chi connectivity index (χ0v) is 22.5. The molecular formula is C26H32F3N3O3S2. The molecule has 0 atom stereocenters. The van der Waals surface area contributed by atoms with Crippen LogP contribution in [0.4, 0.5) is 23.0 Å². The lowest BCUT2D eigenvalue weighted by Gasteiger charge is -2.23. The highest BCUT2D eigenvalue weighted by Gasteiger charge is 2.39. The largest absolute Gasteiger partial charge is 0.459 e. The van der Waals surface area contributed by atoms with Gasteiger partial charge in [-0.05, 0) is 81.0 Å². The van der Waals surface area contributed by atoms with Crippen LogP contribution >= 0.6 is 22.7 Å². The molecule has 37 heavy (non-hydrogen) atoms. The number of alkyl halides is 3. The first kappa shape index (κ1) is 26.5. The molecule has 6 nitrogen and oxygen atoms in total. The molecule has 3 aliphatic rings. The summed E-state index contributed by atoms with van der Waals surface area (Å²) in [6, 6.07) is -0.535. The first-order chi connectivity index (χ1) is 17.7. The van der Waals surface area contributed by atoms with Gasteiger partial charge in [0.1, 0.15) is 16.0 Å². The predicted molar refractivity (Wildman–Crippen MR) is 138 cm³/mol. The van der Waals surface area contributed by atoms with E-state index in [-0.39, 0.29) is 18.2 Å². The SMILES string of the molecule is CN(Cc1c(C(F)(F)F)sc2c1CCNC2)C(=O)Nc1sc2c(c1C(=O)OC1CCCCC1)CCCC2. The smallest absolute Gasteiger partial charge is 0.425 e. The molecule has 1 saturated carbocycles. The van der Waals surface area contributed by atoms with E-state index >= 15 is 0 Å². The average molecular weight is 556 g/mol. The van der Waals surface area contributed by atoms with Crippen LogP contribution in [0.2, 0.25) is 0 Å². The molecule has 2 aliphatic carbocycles. The fourth-order valence-corrected chi connectivity index (χ4v) is 8.02. The number of esters is 1. The Balaban J connectivity index is 1.36. The Labute approximate surface area is 222 Å². The van der Waals surface area contributed by atoms with E-state index in [0.29, 0.717) is 40.5 Å². The summed E-state index contributed by atoms with van der Waals surface area (Å²) in [5.41, 5.74) is 2.25. The highest BCUT2D eigenvalue weighted by molar-refractivity contribution is 7.17. The van der Waals surface area contributed by atoms with Gasteiger partial charge in [-0.1, -0.05) is 6.42 Å². The number of carbonyl (C=O) groups excluding carboxylic acids is 2. The second kappa shape index (κ2) is 10.9. The lowest BCUT2D eigenvalue weighted by molar-refractivity contribution is -0.135. The van der Waals surface area contributed by atoms with Crippen LogP contribution in [0.25, 0.3) is 0 Å². The standard InChI is InChI=1S/C26H32F3N3O3S2/c1-32(14-18-16-11-12-30-13-20(16)36-22(18)26(27,28)29)25(34)31-23-21(17-9-5-6-10-19(17)37-23)24(33)35-15-7-3-2-4-8-15/h15,30H,2-14H2,1H3,(H,31,34). The lowest BCUT2D eigenvalue weighted by Crippen LogP contribution is -2.32. The van der Waals surface area contributed by atoms with Crippen molar-refractivity contribution in [2.45, 2.75) is 89.6 Å². The third-order valence-electron chi connectivity index (χ3n) is 7.46. The normalized spacial score (nSPS) is 18.2. The van der Waals surface area contributed by atoms with Crippen LogP contribution in [0.1, 0.15) is 86.6 Å². The van der Waals surface area contributed by atoms with Crippen LogP contribution in [0.3, 0.4) is 0 Å². The molecule has 2 N–H and O–H groups in total. The summed E-state index contributed by atoms with van der Waals surface area (Å²) < 4.78 is 47.3. The van der Waals surface area contributed by atoms with E-state index in [4.69, 9.17) is 4.74 Å². The summed E-state index contributed by atoms with van der Waals surface area (Å²) in [5.74, 6) is -0.400. The van der Waals surface area contributed by atoms with Crippen molar-refractivity contribution in [1.82, 2.24) is 10.2 Å². The van der Waals surface area contributed by atoms with E-state index < -0.39 is 23.1 Å². The molecule has 0 radical (unpaired) electrons. The van der Waals surface area contributed by atoms with Gasteiger partial charge in [-0.25, -0.2) is 9.59 Å². The summed E-state index contributed by atoms with van der Waals surface area (Å²) in [5, 5.41) is 6.41. The molecule has 11 heteroatoms. The van der Waals surface area contributed by atoms with Crippen molar-refractivity contribution < 1.29 is 27.5 Å². The van der Waals surface area contributed by atoms with Gasteiger partial charge in [0.15, 0.2) is 0 Å². The quantitative estimate of drug-likeness (QED) is 0.413. The Bertz CT molecular complexity index is 1170. The van der Waals surface area contributed by atoms with Gasteiger partial charge in [-0.2, -0.15) is 13.2 Å². The topological polar surface area (TPSA) is 70.7 Å². The number of fused-ring (bicyclic) bond motifs is 2. The zero-order valence-electron chi connectivity index (χ0n) is 20.9. The Morgan fingerprint density at radius 2 is 1.78 bits per heavy atom. The molecule has 0 aromatic carbocycles. The molecule has 0 spiro atoms. The average Bonchev–Trinajstić information content (AvgIpc) is 3.43. The molecule has 0 saturated heterocycles. The molecule has 1 fully saturated rings. The van der Waals surface area contributed by atoms with Crippen LogP contribution in [0.15, 0.2) is 0 Å². The predicted octanol–water partition coefficient (Wildman–Crippen LogP) is 6.51. The molecule has 1 aliphatic heterocycles. The Morgan fingerprint density at radius 3 is 2.54 bits per heavy atom. The van der Waals surface area contributed by atoms with Gasteiger partial charge in [0.25, 0.3) is 0 Å². The second-order valence-corrected chi connectivity index (χ2v) is 12.3. The number of ether oxygens (including phenoxy) is 1. The monoisotopic (exact) mass is 555 g/mol. The van der Waals surface area contributed by atoms with Crippen molar-refractivity contribution in [3.63, 3.8) is 0 Å². The van der Waals surface area contributed by atoms with E-state index in [1.54, 1.807) is 0 Å².